The third-order valence-electron chi connectivity index (χ3n) is 2.49. The average Bonchev–Trinajstić information content (AvgIpc) is 2.24. The Balaban J connectivity index is 2.53. The Morgan fingerprint density at radius 2 is 2.06 bits per heavy atom. The summed E-state index contributed by atoms with van der Waals surface area (Å²) in [5, 5.41) is 0.319. The molecule has 0 aliphatic rings. The summed E-state index contributed by atoms with van der Waals surface area (Å²) in [4.78, 5) is 11.7. The fourth-order valence-electron chi connectivity index (χ4n) is 1.56. The van der Waals surface area contributed by atoms with Gasteiger partial charge >= 0.3 is 0 Å². The molecule has 0 saturated heterocycles. The van der Waals surface area contributed by atoms with Gasteiger partial charge in [-0.1, -0.05) is 37.8 Å². The third-order valence-corrected chi connectivity index (χ3v) is 2.72. The highest BCUT2D eigenvalue weighted by Gasteiger charge is 2.11. The number of carbonyl (C=O) groups is 1. The van der Waals surface area contributed by atoms with Crippen molar-refractivity contribution in [1.29, 1.82) is 0 Å². The van der Waals surface area contributed by atoms with Crippen molar-refractivity contribution in [2.45, 2.75) is 39.0 Å². The second kappa shape index (κ2) is 6.64. The second-order valence-electron chi connectivity index (χ2n) is 3.86. The summed E-state index contributed by atoms with van der Waals surface area (Å²) < 4.78 is 13.4. The van der Waals surface area contributed by atoms with E-state index in [0.717, 1.165) is 25.7 Å². The van der Waals surface area contributed by atoms with Crippen LogP contribution in [0.5, 0.6) is 0 Å². The molecule has 0 saturated carbocycles. The lowest BCUT2D eigenvalue weighted by Gasteiger charge is -2.02. The maximum Gasteiger partial charge on any atom is 0.165 e. The number of hydrogen-bond donors (Lipinski definition) is 0. The highest BCUT2D eigenvalue weighted by atomic mass is 35.5. The van der Waals surface area contributed by atoms with Gasteiger partial charge in [-0.15, -0.1) is 0 Å². The van der Waals surface area contributed by atoms with Gasteiger partial charge in [-0.05, 0) is 24.6 Å². The van der Waals surface area contributed by atoms with Crippen LogP contribution in [0.4, 0.5) is 4.39 Å². The molecule has 1 aromatic rings. The summed E-state index contributed by atoms with van der Waals surface area (Å²) in [6.45, 7) is 2.11. The van der Waals surface area contributed by atoms with Crippen LogP contribution in [0, 0.1) is 5.82 Å². The topological polar surface area (TPSA) is 17.1 Å². The summed E-state index contributed by atoms with van der Waals surface area (Å²) in [7, 11) is 0. The van der Waals surface area contributed by atoms with Gasteiger partial charge in [0, 0.05) is 11.4 Å². The van der Waals surface area contributed by atoms with Crippen LogP contribution in [0.3, 0.4) is 0 Å². The average molecular weight is 243 g/mol. The first-order valence-corrected chi connectivity index (χ1v) is 6.01. The molecular formula is C13H16ClFO. The molecular weight excluding hydrogens is 227 g/mol. The monoisotopic (exact) mass is 242 g/mol. The van der Waals surface area contributed by atoms with Crippen LogP contribution in [-0.4, -0.2) is 5.78 Å². The summed E-state index contributed by atoms with van der Waals surface area (Å²) in [6, 6.07) is 4.19. The van der Waals surface area contributed by atoms with Crippen LogP contribution in [0.2, 0.25) is 5.02 Å². The lowest BCUT2D eigenvalue weighted by molar-refractivity contribution is 0.0975. The van der Waals surface area contributed by atoms with E-state index < -0.39 is 5.82 Å². The Hall–Kier alpha value is -0.890. The molecule has 1 aromatic carbocycles. The summed E-state index contributed by atoms with van der Waals surface area (Å²) in [5.41, 5.74) is 0.154. The molecule has 3 heteroatoms. The molecule has 16 heavy (non-hydrogen) atoms. The Bertz CT molecular complexity index is 363. The zero-order valence-electron chi connectivity index (χ0n) is 9.43. The van der Waals surface area contributed by atoms with Crippen molar-refractivity contribution < 1.29 is 9.18 Å². The van der Waals surface area contributed by atoms with Crippen molar-refractivity contribution in [3.05, 3.63) is 34.6 Å². The molecule has 0 aliphatic carbocycles. The van der Waals surface area contributed by atoms with E-state index in [2.05, 4.69) is 6.92 Å². The molecule has 0 unspecified atom stereocenters. The smallest absolute Gasteiger partial charge is 0.165 e. The van der Waals surface area contributed by atoms with Crippen molar-refractivity contribution in [2.75, 3.05) is 0 Å². The van der Waals surface area contributed by atoms with Crippen LogP contribution in [0.15, 0.2) is 18.2 Å². The SMILES string of the molecule is CCCCCCC(=O)c1ccc(Cl)cc1F. The molecule has 0 amide bonds. The Kier molecular flexibility index (Phi) is 5.47. The number of rotatable bonds is 6. The fraction of sp³-hybridized carbons (Fsp3) is 0.462. The lowest BCUT2D eigenvalue weighted by Crippen LogP contribution is -2.02. The zero-order valence-corrected chi connectivity index (χ0v) is 10.2. The molecule has 0 spiro atoms. The number of benzene rings is 1. The minimum atomic E-state index is -0.520. The lowest BCUT2D eigenvalue weighted by atomic mass is 10.0. The third kappa shape index (κ3) is 3.93. The van der Waals surface area contributed by atoms with Crippen LogP contribution in [0.1, 0.15) is 49.4 Å². The second-order valence-corrected chi connectivity index (χ2v) is 4.29. The van der Waals surface area contributed by atoms with Gasteiger partial charge < -0.3 is 0 Å². The van der Waals surface area contributed by atoms with Crippen molar-refractivity contribution >= 4 is 17.4 Å². The number of hydrogen-bond acceptors (Lipinski definition) is 1. The molecule has 0 atom stereocenters. The number of unbranched alkanes of at least 4 members (excludes halogenated alkanes) is 3. The summed E-state index contributed by atoms with van der Waals surface area (Å²) in [5.74, 6) is -0.654. The summed E-state index contributed by atoms with van der Waals surface area (Å²) in [6.07, 6.45) is 4.52. The minimum Gasteiger partial charge on any atom is -0.294 e. The van der Waals surface area contributed by atoms with Crippen molar-refractivity contribution in [2.24, 2.45) is 0 Å². The van der Waals surface area contributed by atoms with Gasteiger partial charge in [0.05, 0.1) is 5.56 Å². The highest BCUT2D eigenvalue weighted by Crippen LogP contribution is 2.17. The van der Waals surface area contributed by atoms with Crippen LogP contribution >= 0.6 is 11.6 Å². The number of Topliss-reactive ketones (excluding diaryl/α,β-unsaturated/α-hetero) is 1. The van der Waals surface area contributed by atoms with Gasteiger partial charge in [-0.2, -0.15) is 0 Å². The maximum absolute atomic E-state index is 13.4. The largest absolute Gasteiger partial charge is 0.294 e. The van der Waals surface area contributed by atoms with Gasteiger partial charge in [0.2, 0.25) is 0 Å². The van der Waals surface area contributed by atoms with E-state index in [1.54, 1.807) is 6.07 Å². The summed E-state index contributed by atoms with van der Waals surface area (Å²) >= 11 is 5.62. The van der Waals surface area contributed by atoms with E-state index in [9.17, 15) is 9.18 Å². The van der Waals surface area contributed by atoms with Gasteiger partial charge in [0.1, 0.15) is 5.82 Å². The predicted octanol–water partition coefficient (Wildman–Crippen LogP) is 4.63. The van der Waals surface area contributed by atoms with E-state index in [-0.39, 0.29) is 11.3 Å². The maximum atomic E-state index is 13.4. The van der Waals surface area contributed by atoms with Crippen LogP contribution in [-0.2, 0) is 0 Å². The van der Waals surface area contributed by atoms with Crippen molar-refractivity contribution in [1.82, 2.24) is 0 Å². The van der Waals surface area contributed by atoms with Gasteiger partial charge in [0.25, 0.3) is 0 Å². The highest BCUT2D eigenvalue weighted by molar-refractivity contribution is 6.30. The Labute approximate surface area is 101 Å². The quantitative estimate of drug-likeness (QED) is 0.525. The van der Waals surface area contributed by atoms with Crippen LogP contribution < -0.4 is 0 Å². The Morgan fingerprint density at radius 3 is 2.69 bits per heavy atom. The van der Waals surface area contributed by atoms with Gasteiger partial charge in [-0.25, -0.2) is 4.39 Å². The fourth-order valence-corrected chi connectivity index (χ4v) is 1.72. The first-order chi connectivity index (χ1) is 7.65. The molecule has 0 bridgehead atoms. The first kappa shape index (κ1) is 13.2. The minimum absolute atomic E-state index is 0.134. The standard InChI is InChI=1S/C13H16ClFO/c1-2-3-4-5-6-13(16)11-8-7-10(14)9-12(11)15/h7-9H,2-6H2,1H3. The van der Waals surface area contributed by atoms with Crippen molar-refractivity contribution in [3.8, 4) is 0 Å². The van der Waals surface area contributed by atoms with Gasteiger partial charge in [0.15, 0.2) is 5.78 Å². The number of halogens is 2. The molecule has 1 rings (SSSR count). The number of carbonyl (C=O) groups excluding carboxylic acids is 1. The molecule has 88 valence electrons. The van der Waals surface area contributed by atoms with E-state index in [1.807, 2.05) is 0 Å². The molecule has 0 heterocycles. The molecule has 0 fully saturated rings. The molecule has 0 N–H and O–H groups in total. The molecule has 1 nitrogen and oxygen atoms in total. The first-order valence-electron chi connectivity index (χ1n) is 5.63. The van der Waals surface area contributed by atoms with E-state index in [0.29, 0.717) is 11.4 Å². The van der Waals surface area contributed by atoms with Gasteiger partial charge in [-0.3, -0.25) is 4.79 Å². The number of ketones is 1. The van der Waals surface area contributed by atoms with E-state index >= 15 is 0 Å². The molecule has 0 aliphatic heterocycles. The van der Waals surface area contributed by atoms with Crippen molar-refractivity contribution in [3.63, 3.8) is 0 Å². The van der Waals surface area contributed by atoms with Crippen LogP contribution in [0.25, 0.3) is 0 Å². The predicted molar refractivity (Wildman–Crippen MR) is 64.5 cm³/mol. The van der Waals surface area contributed by atoms with E-state index in [1.165, 1.54) is 12.1 Å². The zero-order chi connectivity index (χ0) is 12.0. The Morgan fingerprint density at radius 1 is 1.31 bits per heavy atom. The molecule has 0 radical (unpaired) electrons. The normalized spacial score (nSPS) is 10.4. The molecule has 0 aromatic heterocycles. The van der Waals surface area contributed by atoms with E-state index in [4.69, 9.17) is 11.6 Å².